The van der Waals surface area contributed by atoms with Crippen LogP contribution in [0.5, 0.6) is 5.75 Å². The average molecular weight is 372 g/mol. The van der Waals surface area contributed by atoms with E-state index in [9.17, 15) is 4.39 Å². The summed E-state index contributed by atoms with van der Waals surface area (Å²) in [6.07, 6.45) is 1.62. The van der Waals surface area contributed by atoms with E-state index in [0.29, 0.717) is 5.88 Å². The van der Waals surface area contributed by atoms with Crippen molar-refractivity contribution in [1.29, 1.82) is 0 Å². The monoisotopic (exact) mass is 370 g/mol. The molecule has 0 aromatic heterocycles. The predicted octanol–water partition coefficient (Wildman–Crippen LogP) is 5.24. The van der Waals surface area contributed by atoms with E-state index in [1.807, 2.05) is 18.2 Å². The van der Waals surface area contributed by atoms with Crippen molar-refractivity contribution >= 4 is 27.5 Å². The SMILES string of the molecule is COc1ccc(CC(CCl)Cc2cccc(Br)c2)cc1F. The predicted molar refractivity (Wildman–Crippen MR) is 88.7 cm³/mol. The fourth-order valence-electron chi connectivity index (χ4n) is 2.35. The highest BCUT2D eigenvalue weighted by Gasteiger charge is 2.12. The van der Waals surface area contributed by atoms with Gasteiger partial charge in [-0.25, -0.2) is 4.39 Å². The van der Waals surface area contributed by atoms with Crippen LogP contribution in [-0.2, 0) is 12.8 Å². The lowest BCUT2D eigenvalue weighted by atomic mass is 9.94. The van der Waals surface area contributed by atoms with Gasteiger partial charge in [0, 0.05) is 10.4 Å². The Morgan fingerprint density at radius 1 is 1.14 bits per heavy atom. The van der Waals surface area contributed by atoms with Crippen molar-refractivity contribution in [3.63, 3.8) is 0 Å². The van der Waals surface area contributed by atoms with Gasteiger partial charge in [-0.2, -0.15) is 0 Å². The molecule has 0 amide bonds. The van der Waals surface area contributed by atoms with Crippen LogP contribution < -0.4 is 4.74 Å². The summed E-state index contributed by atoms with van der Waals surface area (Å²) in [5.74, 6) is 0.757. The molecule has 2 aromatic rings. The van der Waals surface area contributed by atoms with Gasteiger partial charge in [0.1, 0.15) is 0 Å². The molecule has 4 heteroatoms. The standard InChI is InChI=1S/C17H17BrClFO/c1-21-17-6-5-13(10-16(17)20)8-14(11-19)7-12-3-2-4-15(18)9-12/h2-6,9-10,14H,7-8,11H2,1H3. The van der Waals surface area contributed by atoms with Gasteiger partial charge in [0.05, 0.1) is 7.11 Å². The van der Waals surface area contributed by atoms with Gasteiger partial charge < -0.3 is 4.74 Å². The summed E-state index contributed by atoms with van der Waals surface area (Å²) >= 11 is 9.55. The molecule has 1 nitrogen and oxygen atoms in total. The molecule has 2 rings (SSSR count). The zero-order valence-corrected chi connectivity index (χ0v) is 14.1. The van der Waals surface area contributed by atoms with Gasteiger partial charge in [-0.05, 0) is 54.2 Å². The topological polar surface area (TPSA) is 9.23 Å². The van der Waals surface area contributed by atoms with Crippen LogP contribution in [0.1, 0.15) is 11.1 Å². The molecule has 0 saturated carbocycles. The second kappa shape index (κ2) is 7.81. The van der Waals surface area contributed by atoms with Crippen LogP contribution in [0.3, 0.4) is 0 Å². The van der Waals surface area contributed by atoms with E-state index in [1.165, 1.54) is 18.7 Å². The Bertz CT molecular complexity index is 603. The first-order chi connectivity index (χ1) is 10.1. The molecule has 21 heavy (non-hydrogen) atoms. The number of hydrogen-bond acceptors (Lipinski definition) is 1. The first-order valence-corrected chi connectivity index (χ1v) is 8.08. The first-order valence-electron chi connectivity index (χ1n) is 6.75. The number of ether oxygens (including phenoxy) is 1. The van der Waals surface area contributed by atoms with Gasteiger partial charge in [0.25, 0.3) is 0 Å². The largest absolute Gasteiger partial charge is 0.494 e. The van der Waals surface area contributed by atoms with Gasteiger partial charge in [0.15, 0.2) is 11.6 Å². The highest BCUT2D eigenvalue weighted by atomic mass is 79.9. The normalized spacial score (nSPS) is 12.2. The molecule has 0 fully saturated rings. The molecule has 0 radical (unpaired) electrons. The Morgan fingerprint density at radius 3 is 2.43 bits per heavy atom. The average Bonchev–Trinajstić information content (AvgIpc) is 2.47. The second-order valence-electron chi connectivity index (χ2n) is 5.03. The minimum absolute atomic E-state index is 0.271. The Kier molecular flexibility index (Phi) is 6.07. The van der Waals surface area contributed by atoms with Crippen LogP contribution in [0.25, 0.3) is 0 Å². The van der Waals surface area contributed by atoms with Crippen molar-refractivity contribution in [2.45, 2.75) is 12.8 Å². The van der Waals surface area contributed by atoms with E-state index in [4.69, 9.17) is 16.3 Å². The molecule has 0 saturated heterocycles. The highest BCUT2D eigenvalue weighted by Crippen LogP contribution is 2.22. The van der Waals surface area contributed by atoms with Gasteiger partial charge in [-0.15, -0.1) is 11.6 Å². The molecule has 0 bridgehead atoms. The van der Waals surface area contributed by atoms with E-state index in [0.717, 1.165) is 22.9 Å². The minimum atomic E-state index is -0.328. The van der Waals surface area contributed by atoms with Crippen LogP contribution in [0.15, 0.2) is 46.9 Å². The summed E-state index contributed by atoms with van der Waals surface area (Å²) in [4.78, 5) is 0. The lowest BCUT2D eigenvalue weighted by Gasteiger charge is -2.15. The molecular weight excluding hydrogens is 355 g/mol. The van der Waals surface area contributed by atoms with Gasteiger partial charge in [-0.3, -0.25) is 0 Å². The van der Waals surface area contributed by atoms with Crippen molar-refractivity contribution in [3.8, 4) is 5.75 Å². The summed E-state index contributed by atoms with van der Waals surface area (Å²) in [7, 11) is 1.47. The maximum Gasteiger partial charge on any atom is 0.165 e. The number of alkyl halides is 1. The lowest BCUT2D eigenvalue weighted by molar-refractivity contribution is 0.386. The number of rotatable bonds is 6. The summed E-state index contributed by atoms with van der Waals surface area (Å²) in [5.41, 5.74) is 2.16. The smallest absolute Gasteiger partial charge is 0.165 e. The Labute approximate surface area is 138 Å². The molecule has 1 atom stereocenters. The van der Waals surface area contributed by atoms with Crippen LogP contribution in [0, 0.1) is 11.7 Å². The highest BCUT2D eigenvalue weighted by molar-refractivity contribution is 9.10. The Hall–Kier alpha value is -1.06. The van der Waals surface area contributed by atoms with Crippen LogP contribution in [0.2, 0.25) is 0 Å². The quantitative estimate of drug-likeness (QED) is 0.631. The van der Waals surface area contributed by atoms with Crippen molar-refractivity contribution in [1.82, 2.24) is 0 Å². The van der Waals surface area contributed by atoms with Crippen molar-refractivity contribution in [2.24, 2.45) is 5.92 Å². The van der Waals surface area contributed by atoms with Crippen LogP contribution >= 0.6 is 27.5 Å². The van der Waals surface area contributed by atoms with E-state index < -0.39 is 0 Å². The third-order valence-corrected chi connectivity index (χ3v) is 4.30. The molecule has 0 aliphatic rings. The Balaban J connectivity index is 2.07. The molecule has 0 aliphatic heterocycles. The molecule has 0 spiro atoms. The summed E-state index contributed by atoms with van der Waals surface area (Å²) in [6, 6.07) is 13.3. The number of halogens is 3. The van der Waals surface area contributed by atoms with Crippen molar-refractivity contribution in [2.75, 3.05) is 13.0 Å². The molecule has 1 unspecified atom stereocenters. The Morgan fingerprint density at radius 2 is 1.86 bits per heavy atom. The molecule has 112 valence electrons. The molecule has 0 aliphatic carbocycles. The first kappa shape index (κ1) is 16.3. The van der Waals surface area contributed by atoms with E-state index in [1.54, 1.807) is 6.07 Å². The second-order valence-corrected chi connectivity index (χ2v) is 6.25. The fourth-order valence-corrected chi connectivity index (χ4v) is 3.01. The molecule has 0 heterocycles. The van der Waals surface area contributed by atoms with Gasteiger partial charge >= 0.3 is 0 Å². The fraction of sp³-hybridized carbons (Fsp3) is 0.294. The third kappa shape index (κ3) is 4.72. The maximum absolute atomic E-state index is 13.7. The zero-order chi connectivity index (χ0) is 15.2. The van der Waals surface area contributed by atoms with Crippen molar-refractivity contribution < 1.29 is 9.13 Å². The number of hydrogen-bond donors (Lipinski definition) is 0. The van der Waals surface area contributed by atoms with E-state index >= 15 is 0 Å². The van der Waals surface area contributed by atoms with Gasteiger partial charge in [0.2, 0.25) is 0 Å². The van der Waals surface area contributed by atoms with E-state index in [2.05, 4.69) is 28.1 Å². The molecular formula is C17H17BrClFO. The zero-order valence-electron chi connectivity index (χ0n) is 11.8. The number of methoxy groups -OCH3 is 1. The lowest BCUT2D eigenvalue weighted by Crippen LogP contribution is -2.10. The van der Waals surface area contributed by atoms with Gasteiger partial charge in [-0.1, -0.05) is 34.1 Å². The van der Waals surface area contributed by atoms with Crippen molar-refractivity contribution in [3.05, 3.63) is 63.9 Å². The van der Waals surface area contributed by atoms with E-state index in [-0.39, 0.29) is 17.5 Å². The molecule has 2 aromatic carbocycles. The minimum Gasteiger partial charge on any atom is -0.494 e. The third-order valence-electron chi connectivity index (χ3n) is 3.37. The summed E-state index contributed by atoms with van der Waals surface area (Å²) < 4.78 is 19.7. The number of benzene rings is 2. The maximum atomic E-state index is 13.7. The summed E-state index contributed by atoms with van der Waals surface area (Å²) in [6.45, 7) is 0. The summed E-state index contributed by atoms with van der Waals surface area (Å²) in [5, 5.41) is 0. The van der Waals surface area contributed by atoms with Crippen LogP contribution in [-0.4, -0.2) is 13.0 Å². The van der Waals surface area contributed by atoms with Crippen LogP contribution in [0.4, 0.5) is 4.39 Å². The molecule has 0 N–H and O–H groups in total.